The van der Waals surface area contributed by atoms with E-state index < -0.39 is 0 Å². The second-order valence-electron chi connectivity index (χ2n) is 4.51. The van der Waals surface area contributed by atoms with Crippen molar-refractivity contribution in [2.75, 3.05) is 0 Å². The number of hydrogen-bond acceptors (Lipinski definition) is 4. The monoisotopic (exact) mass is 288 g/mol. The predicted octanol–water partition coefficient (Wildman–Crippen LogP) is 2.65. The molecule has 0 unspecified atom stereocenters. The lowest BCUT2D eigenvalue weighted by Gasteiger charge is -2.12. The molecule has 96 valence electrons. The minimum Gasteiger partial charge on any atom is -0.300 e. The fourth-order valence-electron chi connectivity index (χ4n) is 2.25. The number of nitrogens with zero attached hydrogens (tertiary/aromatic N) is 2. The van der Waals surface area contributed by atoms with Crippen molar-refractivity contribution in [2.24, 2.45) is 7.05 Å². The van der Waals surface area contributed by atoms with Crippen LogP contribution in [0.25, 0.3) is 0 Å². The summed E-state index contributed by atoms with van der Waals surface area (Å²) in [4.78, 5) is 16.9. The van der Waals surface area contributed by atoms with Crippen molar-refractivity contribution in [3.05, 3.63) is 57.6 Å². The van der Waals surface area contributed by atoms with Crippen LogP contribution in [-0.2, 0) is 7.05 Å². The third-order valence-corrected chi connectivity index (χ3v) is 4.80. The van der Waals surface area contributed by atoms with Gasteiger partial charge in [0.05, 0.1) is 15.7 Å². The van der Waals surface area contributed by atoms with Gasteiger partial charge in [-0.2, -0.15) is 0 Å². The molecule has 0 amide bonds. The Balaban J connectivity index is 2.26. The molecule has 5 heteroatoms. The Morgan fingerprint density at radius 3 is 2.68 bits per heavy atom. The number of thiocarbonyl (C=S) groups is 1. The summed E-state index contributed by atoms with van der Waals surface area (Å²) in [6, 6.07) is 9.90. The summed E-state index contributed by atoms with van der Waals surface area (Å²) in [6.45, 7) is 1.83. The van der Waals surface area contributed by atoms with Crippen LogP contribution in [-0.4, -0.2) is 13.7 Å². The van der Waals surface area contributed by atoms with E-state index in [1.165, 1.54) is 11.8 Å². The Kier molecular flexibility index (Phi) is 3.03. The van der Waals surface area contributed by atoms with Crippen LogP contribution in [0.3, 0.4) is 0 Å². The van der Waals surface area contributed by atoms with Gasteiger partial charge in [-0.25, -0.2) is 4.98 Å². The van der Waals surface area contributed by atoms with Crippen molar-refractivity contribution in [2.45, 2.75) is 17.9 Å². The Morgan fingerprint density at radius 2 is 2.00 bits per heavy atom. The smallest absolute Gasteiger partial charge is 0.258 e. The molecule has 2 heterocycles. The summed E-state index contributed by atoms with van der Waals surface area (Å²) in [5, 5.41) is 0.763. The van der Waals surface area contributed by atoms with Crippen molar-refractivity contribution in [1.29, 1.82) is 0 Å². The van der Waals surface area contributed by atoms with Gasteiger partial charge in [-0.3, -0.25) is 9.36 Å². The van der Waals surface area contributed by atoms with Crippen molar-refractivity contribution in [3.8, 4) is 0 Å². The van der Waals surface area contributed by atoms with Crippen molar-refractivity contribution >= 4 is 28.2 Å². The van der Waals surface area contributed by atoms with Crippen molar-refractivity contribution < 1.29 is 0 Å². The molecule has 3 rings (SSSR count). The summed E-state index contributed by atoms with van der Waals surface area (Å²) in [7, 11) is 1.75. The average Bonchev–Trinajstić information content (AvgIpc) is 2.73. The van der Waals surface area contributed by atoms with E-state index in [2.05, 4.69) is 4.98 Å². The Morgan fingerprint density at radius 1 is 1.32 bits per heavy atom. The van der Waals surface area contributed by atoms with E-state index in [1.54, 1.807) is 11.6 Å². The summed E-state index contributed by atoms with van der Waals surface area (Å²) in [5.74, 6) is 0.593. The molecule has 0 N–H and O–H groups in total. The summed E-state index contributed by atoms with van der Waals surface area (Å²) < 4.78 is 2.39. The van der Waals surface area contributed by atoms with Gasteiger partial charge in [0.25, 0.3) is 5.56 Å². The summed E-state index contributed by atoms with van der Waals surface area (Å²) >= 11 is 6.89. The van der Waals surface area contributed by atoms with E-state index in [-0.39, 0.29) is 11.5 Å². The second kappa shape index (κ2) is 4.58. The zero-order chi connectivity index (χ0) is 13.6. The van der Waals surface area contributed by atoms with Gasteiger partial charge in [-0.05, 0) is 12.5 Å². The number of thioether (sulfide) groups is 1. The first-order valence-electron chi connectivity index (χ1n) is 5.93. The maximum absolute atomic E-state index is 12.5. The first-order chi connectivity index (χ1) is 9.09. The molecule has 1 aliphatic heterocycles. The first-order valence-corrected chi connectivity index (χ1v) is 7.16. The Bertz CT molecular complexity index is 722. The van der Waals surface area contributed by atoms with Gasteiger partial charge in [0.2, 0.25) is 0 Å². The molecular weight excluding hydrogens is 276 g/mol. The molecule has 0 aliphatic carbocycles. The van der Waals surface area contributed by atoms with Gasteiger partial charge >= 0.3 is 0 Å². The van der Waals surface area contributed by atoms with Gasteiger partial charge in [0.1, 0.15) is 10.9 Å². The molecular formula is C14H12N2OS2. The highest BCUT2D eigenvalue weighted by atomic mass is 32.2. The maximum atomic E-state index is 12.5. The number of rotatable bonds is 1. The van der Waals surface area contributed by atoms with Gasteiger partial charge < -0.3 is 0 Å². The van der Waals surface area contributed by atoms with Gasteiger partial charge in [-0.15, -0.1) is 0 Å². The molecule has 3 nitrogen and oxygen atoms in total. The van der Waals surface area contributed by atoms with Gasteiger partial charge in [0, 0.05) is 7.05 Å². The van der Waals surface area contributed by atoms with E-state index in [9.17, 15) is 4.79 Å². The van der Waals surface area contributed by atoms with Gasteiger partial charge in [0.15, 0.2) is 0 Å². The molecule has 2 aromatic rings. The standard InChI is InChI=1S/C14H12N2OS2/c1-8-15-12-11(13(17)16(8)2)10(14(18)19-12)9-6-4-3-5-7-9/h3-7,10H,1-2H3/t10-/m1/s1. The van der Waals surface area contributed by atoms with Crippen molar-refractivity contribution in [1.82, 2.24) is 9.55 Å². The molecule has 1 aromatic heterocycles. The quantitative estimate of drug-likeness (QED) is 0.597. The molecule has 0 spiro atoms. The minimum atomic E-state index is -0.122. The van der Waals surface area contributed by atoms with Crippen LogP contribution < -0.4 is 5.56 Å². The average molecular weight is 288 g/mol. The number of aromatic nitrogens is 2. The third-order valence-electron chi connectivity index (χ3n) is 3.37. The largest absolute Gasteiger partial charge is 0.300 e. The number of fused-ring (bicyclic) bond motifs is 1. The van der Waals surface area contributed by atoms with Crippen LogP contribution in [0.15, 0.2) is 40.2 Å². The highest BCUT2D eigenvalue weighted by Crippen LogP contribution is 2.42. The zero-order valence-corrected chi connectivity index (χ0v) is 12.2. The van der Waals surface area contributed by atoms with Crippen LogP contribution in [0.5, 0.6) is 0 Å². The lowest BCUT2D eigenvalue weighted by molar-refractivity contribution is 0.725. The molecule has 1 atom stereocenters. The second-order valence-corrected chi connectivity index (χ2v) is 6.24. The van der Waals surface area contributed by atoms with E-state index in [4.69, 9.17) is 12.2 Å². The Hall–Kier alpha value is -1.46. The highest BCUT2D eigenvalue weighted by molar-refractivity contribution is 8.23. The molecule has 1 aliphatic rings. The molecule has 0 saturated carbocycles. The number of aryl methyl sites for hydroxylation is 1. The molecule has 0 radical (unpaired) electrons. The highest BCUT2D eigenvalue weighted by Gasteiger charge is 2.34. The van der Waals surface area contributed by atoms with Crippen molar-refractivity contribution in [3.63, 3.8) is 0 Å². The lowest BCUT2D eigenvalue weighted by Crippen LogP contribution is -2.26. The normalized spacial score (nSPS) is 17.6. The van der Waals surface area contributed by atoms with Gasteiger partial charge in [-0.1, -0.05) is 54.3 Å². The maximum Gasteiger partial charge on any atom is 0.258 e. The lowest BCUT2D eigenvalue weighted by atomic mass is 9.95. The van der Waals surface area contributed by atoms with E-state index in [1.807, 2.05) is 37.3 Å². The minimum absolute atomic E-state index is 0.00343. The summed E-state index contributed by atoms with van der Waals surface area (Å²) in [6.07, 6.45) is 0. The third kappa shape index (κ3) is 1.93. The number of hydrogen-bond donors (Lipinski definition) is 0. The SMILES string of the molecule is Cc1nc2c(c(=O)n1C)[C@@H](c1ccccc1)C(=S)S2. The van der Waals surface area contributed by atoms with Crippen LogP contribution in [0.2, 0.25) is 0 Å². The van der Waals surface area contributed by atoms with E-state index in [0.29, 0.717) is 11.4 Å². The molecule has 0 bridgehead atoms. The predicted molar refractivity (Wildman–Crippen MR) is 81.0 cm³/mol. The molecule has 1 aromatic carbocycles. The van der Waals surface area contributed by atoms with Crippen LogP contribution in [0.1, 0.15) is 22.9 Å². The topological polar surface area (TPSA) is 34.9 Å². The molecule has 0 saturated heterocycles. The van der Waals surface area contributed by atoms with E-state index in [0.717, 1.165) is 14.8 Å². The zero-order valence-electron chi connectivity index (χ0n) is 10.6. The van der Waals surface area contributed by atoms with Crippen LogP contribution in [0.4, 0.5) is 0 Å². The summed E-state index contributed by atoms with van der Waals surface area (Å²) in [5.41, 5.74) is 1.78. The number of benzene rings is 1. The molecule has 19 heavy (non-hydrogen) atoms. The van der Waals surface area contributed by atoms with Crippen LogP contribution >= 0.6 is 24.0 Å². The Labute approximate surface area is 120 Å². The molecule has 0 fully saturated rings. The van der Waals surface area contributed by atoms with Crippen LogP contribution in [0, 0.1) is 6.92 Å². The van der Waals surface area contributed by atoms with E-state index >= 15 is 0 Å². The fraction of sp³-hybridized carbons (Fsp3) is 0.214. The fourth-order valence-corrected chi connectivity index (χ4v) is 3.79. The first kappa shape index (κ1) is 12.6.